The van der Waals surface area contributed by atoms with Crippen LogP contribution in [0, 0.1) is 0 Å². The van der Waals surface area contributed by atoms with Gasteiger partial charge in [0.2, 0.25) is 0 Å². The topological polar surface area (TPSA) is 82.1 Å². The summed E-state index contributed by atoms with van der Waals surface area (Å²) in [5.41, 5.74) is 1.56. The van der Waals surface area contributed by atoms with Gasteiger partial charge >= 0.3 is 11.9 Å². The number of hydrogen-bond acceptors (Lipinski definition) is 6. The predicted molar refractivity (Wildman–Crippen MR) is 99.9 cm³/mol. The van der Waals surface area contributed by atoms with Gasteiger partial charge in [-0.05, 0) is 17.2 Å². The van der Waals surface area contributed by atoms with Crippen LogP contribution < -0.4 is 0 Å². The molecule has 2 aliphatic heterocycles. The molecule has 0 aromatic heterocycles. The summed E-state index contributed by atoms with van der Waals surface area (Å²) < 4.78 is 16.7. The fraction of sp³-hybridized carbons (Fsp3) is 0.273. The Morgan fingerprint density at radius 1 is 1.11 bits per heavy atom. The smallest absolute Gasteiger partial charge is 0.331 e. The Kier molecular flexibility index (Phi) is 5.23. The first-order valence-electron chi connectivity index (χ1n) is 9.13. The second-order valence-corrected chi connectivity index (χ2v) is 6.80. The van der Waals surface area contributed by atoms with Crippen molar-refractivity contribution < 1.29 is 28.9 Å². The molecule has 2 saturated heterocycles. The zero-order chi connectivity index (χ0) is 19.5. The second-order valence-electron chi connectivity index (χ2n) is 6.80. The van der Waals surface area contributed by atoms with Crippen molar-refractivity contribution in [1.82, 2.24) is 0 Å². The molecule has 6 nitrogen and oxygen atoms in total. The van der Waals surface area contributed by atoms with Crippen molar-refractivity contribution >= 4 is 18.0 Å². The molecule has 5 atom stereocenters. The minimum atomic E-state index is -1.08. The SMILES string of the molecule is O=C(/C=C/c1ccccc1)O[C@H](c1ccccc1)[C@@H]1O[C@H]2CC(=O)O[C@H]2[C@@H]1O. The van der Waals surface area contributed by atoms with Gasteiger partial charge in [0.05, 0.1) is 6.42 Å². The van der Waals surface area contributed by atoms with E-state index in [1.165, 1.54) is 6.08 Å². The summed E-state index contributed by atoms with van der Waals surface area (Å²) in [5.74, 6) is -0.950. The van der Waals surface area contributed by atoms with Crippen molar-refractivity contribution in [3.8, 4) is 0 Å². The van der Waals surface area contributed by atoms with Crippen molar-refractivity contribution in [3.05, 3.63) is 77.9 Å². The van der Waals surface area contributed by atoms with Crippen LogP contribution in [0.3, 0.4) is 0 Å². The number of ether oxygens (including phenoxy) is 3. The van der Waals surface area contributed by atoms with E-state index in [1.54, 1.807) is 18.2 Å². The maximum absolute atomic E-state index is 12.4. The number of hydrogen-bond donors (Lipinski definition) is 1. The summed E-state index contributed by atoms with van der Waals surface area (Å²) in [4.78, 5) is 23.9. The Hall–Kier alpha value is -2.96. The zero-order valence-electron chi connectivity index (χ0n) is 15.0. The van der Waals surface area contributed by atoms with Gasteiger partial charge in [0.1, 0.15) is 18.3 Å². The first-order chi connectivity index (χ1) is 13.6. The Labute approximate surface area is 162 Å². The van der Waals surface area contributed by atoms with E-state index in [0.29, 0.717) is 5.56 Å². The molecule has 6 heteroatoms. The molecule has 0 aliphatic carbocycles. The van der Waals surface area contributed by atoms with Crippen molar-refractivity contribution in [3.63, 3.8) is 0 Å². The van der Waals surface area contributed by atoms with E-state index in [9.17, 15) is 14.7 Å². The van der Waals surface area contributed by atoms with Gasteiger partial charge in [-0.15, -0.1) is 0 Å². The Morgan fingerprint density at radius 2 is 1.79 bits per heavy atom. The van der Waals surface area contributed by atoms with Gasteiger partial charge in [0.25, 0.3) is 0 Å². The molecule has 28 heavy (non-hydrogen) atoms. The highest BCUT2D eigenvalue weighted by Gasteiger charge is 2.54. The van der Waals surface area contributed by atoms with Gasteiger partial charge < -0.3 is 19.3 Å². The molecule has 0 radical (unpaired) electrons. The lowest BCUT2D eigenvalue weighted by Gasteiger charge is -2.26. The number of carbonyl (C=O) groups excluding carboxylic acids is 2. The molecule has 2 aromatic carbocycles. The van der Waals surface area contributed by atoms with Crippen LogP contribution in [0.1, 0.15) is 23.7 Å². The molecule has 0 bridgehead atoms. The lowest BCUT2D eigenvalue weighted by molar-refractivity contribution is -0.159. The largest absolute Gasteiger partial charge is 0.457 e. The summed E-state index contributed by atoms with van der Waals surface area (Å²) in [5, 5.41) is 10.6. The number of aliphatic hydroxyl groups is 1. The number of esters is 2. The van der Waals surface area contributed by atoms with E-state index in [4.69, 9.17) is 14.2 Å². The van der Waals surface area contributed by atoms with E-state index >= 15 is 0 Å². The summed E-state index contributed by atoms with van der Waals surface area (Å²) in [6.45, 7) is 0. The van der Waals surface area contributed by atoms with Gasteiger partial charge in [0, 0.05) is 6.08 Å². The van der Waals surface area contributed by atoms with Crippen LogP contribution in [-0.2, 0) is 23.8 Å². The van der Waals surface area contributed by atoms with Crippen LogP contribution in [0.4, 0.5) is 0 Å². The highest BCUT2D eigenvalue weighted by molar-refractivity contribution is 5.87. The van der Waals surface area contributed by atoms with E-state index < -0.39 is 42.5 Å². The van der Waals surface area contributed by atoms with Crippen LogP contribution in [0.2, 0.25) is 0 Å². The first-order valence-corrected chi connectivity index (χ1v) is 9.13. The molecule has 0 saturated carbocycles. The van der Waals surface area contributed by atoms with Crippen LogP contribution in [0.5, 0.6) is 0 Å². The fourth-order valence-corrected chi connectivity index (χ4v) is 3.55. The van der Waals surface area contributed by atoms with Gasteiger partial charge in [-0.2, -0.15) is 0 Å². The number of benzene rings is 2. The molecule has 4 rings (SSSR count). The lowest BCUT2D eigenvalue weighted by Crippen LogP contribution is -2.37. The minimum absolute atomic E-state index is 0.0849. The highest BCUT2D eigenvalue weighted by Crippen LogP contribution is 2.38. The van der Waals surface area contributed by atoms with Crippen LogP contribution >= 0.6 is 0 Å². The molecule has 1 N–H and O–H groups in total. The summed E-state index contributed by atoms with van der Waals surface area (Å²) in [6, 6.07) is 18.5. The molecule has 0 spiro atoms. The summed E-state index contributed by atoms with van der Waals surface area (Å²) in [7, 11) is 0. The Balaban J connectivity index is 1.53. The van der Waals surface area contributed by atoms with Gasteiger partial charge in [0.15, 0.2) is 12.2 Å². The molecule has 2 aromatic rings. The molecular formula is C22H20O6. The van der Waals surface area contributed by atoms with E-state index in [-0.39, 0.29) is 6.42 Å². The third-order valence-electron chi connectivity index (χ3n) is 4.89. The van der Waals surface area contributed by atoms with Gasteiger partial charge in [-0.1, -0.05) is 60.7 Å². The summed E-state index contributed by atoms with van der Waals surface area (Å²) in [6.07, 6.45) is -0.901. The second kappa shape index (κ2) is 7.96. The van der Waals surface area contributed by atoms with Gasteiger partial charge in [-0.3, -0.25) is 4.79 Å². The van der Waals surface area contributed by atoms with Crippen molar-refractivity contribution in [2.24, 2.45) is 0 Å². The molecule has 2 heterocycles. The van der Waals surface area contributed by atoms with Crippen LogP contribution in [-0.4, -0.2) is 41.5 Å². The number of aliphatic hydroxyl groups excluding tert-OH is 1. The predicted octanol–water partition coefficient (Wildman–Crippen LogP) is 2.43. The number of fused-ring (bicyclic) bond motifs is 1. The molecule has 2 fully saturated rings. The molecule has 144 valence electrons. The quantitative estimate of drug-likeness (QED) is 0.634. The third-order valence-corrected chi connectivity index (χ3v) is 4.89. The van der Waals surface area contributed by atoms with E-state index in [2.05, 4.69) is 0 Å². The first kappa shape index (κ1) is 18.4. The Bertz CT molecular complexity index is 863. The van der Waals surface area contributed by atoms with E-state index in [0.717, 1.165) is 5.56 Å². The van der Waals surface area contributed by atoms with Gasteiger partial charge in [-0.25, -0.2) is 4.79 Å². The monoisotopic (exact) mass is 380 g/mol. The normalized spacial score (nSPS) is 27.4. The molecular weight excluding hydrogens is 360 g/mol. The minimum Gasteiger partial charge on any atom is -0.457 e. The van der Waals surface area contributed by atoms with Crippen LogP contribution in [0.25, 0.3) is 6.08 Å². The average Bonchev–Trinajstić information content (AvgIpc) is 3.23. The fourth-order valence-electron chi connectivity index (χ4n) is 3.55. The maximum atomic E-state index is 12.4. The van der Waals surface area contributed by atoms with Crippen LogP contribution in [0.15, 0.2) is 66.7 Å². The van der Waals surface area contributed by atoms with Crippen molar-refractivity contribution in [2.45, 2.75) is 36.9 Å². The lowest BCUT2D eigenvalue weighted by atomic mass is 9.98. The number of rotatable bonds is 5. The van der Waals surface area contributed by atoms with Crippen molar-refractivity contribution in [2.75, 3.05) is 0 Å². The standard InChI is InChI=1S/C22H20O6/c23-17(12-11-14-7-3-1-4-8-14)27-20(15-9-5-2-6-10-15)22-19(25)21-16(26-22)13-18(24)28-21/h1-12,16,19-22,25H,13H2/b12-11+/t16-,19-,20+,21+,22+/m0/s1. The van der Waals surface area contributed by atoms with E-state index in [1.807, 2.05) is 48.5 Å². The third kappa shape index (κ3) is 3.83. The van der Waals surface area contributed by atoms with Crippen molar-refractivity contribution in [1.29, 1.82) is 0 Å². The molecule has 0 unspecified atom stereocenters. The Morgan fingerprint density at radius 3 is 2.46 bits per heavy atom. The summed E-state index contributed by atoms with van der Waals surface area (Å²) >= 11 is 0. The molecule has 0 amide bonds. The highest BCUT2D eigenvalue weighted by atomic mass is 16.6. The number of carbonyl (C=O) groups is 2. The average molecular weight is 380 g/mol. The maximum Gasteiger partial charge on any atom is 0.331 e. The molecule has 2 aliphatic rings. The zero-order valence-corrected chi connectivity index (χ0v) is 15.0.